The van der Waals surface area contributed by atoms with Crippen molar-refractivity contribution in [3.63, 3.8) is 0 Å². The predicted octanol–water partition coefficient (Wildman–Crippen LogP) is 3.88. The Hall–Kier alpha value is -3.86. The summed E-state index contributed by atoms with van der Waals surface area (Å²) in [5.74, 6) is 1.92. The third kappa shape index (κ3) is 7.50. The van der Waals surface area contributed by atoms with Gasteiger partial charge in [-0.1, -0.05) is 24.4 Å². The Kier molecular flexibility index (Phi) is 9.78. The molecule has 0 atom stereocenters. The zero-order valence-electron chi connectivity index (χ0n) is 23.9. The van der Waals surface area contributed by atoms with Crippen molar-refractivity contribution in [3.8, 4) is 5.75 Å². The lowest BCUT2D eigenvalue weighted by Gasteiger charge is -2.33. The van der Waals surface area contributed by atoms with Crippen LogP contribution in [0.2, 0.25) is 5.02 Å². The summed E-state index contributed by atoms with van der Waals surface area (Å²) in [5.41, 5.74) is 1.96. The number of amides is 3. The van der Waals surface area contributed by atoms with Crippen LogP contribution in [0.5, 0.6) is 5.75 Å². The molecule has 1 saturated heterocycles. The molecule has 2 aromatic rings. The maximum absolute atomic E-state index is 12.8. The van der Waals surface area contributed by atoms with Crippen LogP contribution < -0.4 is 26.0 Å². The summed E-state index contributed by atoms with van der Waals surface area (Å²) in [6.45, 7) is 4.10. The molecular weight excluding hydrogens is 558 g/mol. The number of hydrogen-bond donors (Lipinski definition) is 4. The number of fused-ring (bicyclic) bond motifs is 1. The van der Waals surface area contributed by atoms with E-state index >= 15 is 0 Å². The second-order valence-electron chi connectivity index (χ2n) is 11.0. The number of carbonyl (C=O) groups excluding carboxylic acids is 3. The lowest BCUT2D eigenvalue weighted by molar-refractivity contribution is -0.137. The van der Waals surface area contributed by atoms with Crippen LogP contribution in [0, 0.1) is 5.92 Å². The lowest BCUT2D eigenvalue weighted by atomic mass is 10.0. The van der Waals surface area contributed by atoms with Gasteiger partial charge in [0.05, 0.1) is 10.6 Å². The zero-order chi connectivity index (χ0) is 29.5. The Balaban J connectivity index is 1.20. The molecule has 224 valence electrons. The maximum atomic E-state index is 12.8. The number of halogens is 1. The number of hydrogen-bond acceptors (Lipinski definition) is 8. The third-order valence-electron chi connectivity index (χ3n) is 7.91. The molecule has 1 aliphatic carbocycles. The van der Waals surface area contributed by atoms with Gasteiger partial charge in [0.15, 0.2) is 0 Å². The van der Waals surface area contributed by atoms with Crippen LogP contribution in [-0.4, -0.2) is 71.4 Å². The fourth-order valence-electron chi connectivity index (χ4n) is 5.66. The van der Waals surface area contributed by atoms with Gasteiger partial charge in [0.25, 0.3) is 0 Å². The molecule has 0 spiro atoms. The van der Waals surface area contributed by atoms with Crippen molar-refractivity contribution in [3.05, 3.63) is 40.7 Å². The van der Waals surface area contributed by atoms with Gasteiger partial charge >= 0.3 is 0 Å². The summed E-state index contributed by atoms with van der Waals surface area (Å²) in [7, 11) is 0. The number of ether oxygens (including phenoxy) is 1. The Morgan fingerprint density at radius 2 is 1.83 bits per heavy atom. The van der Waals surface area contributed by atoms with Crippen molar-refractivity contribution >= 4 is 52.7 Å². The number of aromatic nitrogens is 2. The molecule has 3 amide bonds. The number of nitrogens with zero attached hydrogens (tertiary/aromatic N) is 3. The number of nitrogens with one attached hydrogen (secondary N) is 4. The number of carbonyl (C=O) groups is 3. The quantitative estimate of drug-likeness (QED) is 0.321. The van der Waals surface area contributed by atoms with Gasteiger partial charge in [-0.2, -0.15) is 0 Å². The Morgan fingerprint density at radius 3 is 2.57 bits per heavy atom. The highest BCUT2D eigenvalue weighted by Crippen LogP contribution is 2.34. The van der Waals surface area contributed by atoms with Gasteiger partial charge in [-0.15, -0.1) is 0 Å². The number of likely N-dealkylation sites (tertiary alicyclic amines) is 1. The average molecular weight is 596 g/mol. The molecule has 42 heavy (non-hydrogen) atoms. The van der Waals surface area contributed by atoms with Crippen LogP contribution >= 0.6 is 11.6 Å². The highest BCUT2D eigenvalue weighted by Gasteiger charge is 2.30. The molecule has 3 aliphatic rings. The second-order valence-corrected chi connectivity index (χ2v) is 11.4. The minimum atomic E-state index is -0.205. The molecule has 2 fully saturated rings. The third-order valence-corrected chi connectivity index (χ3v) is 8.21. The van der Waals surface area contributed by atoms with E-state index in [1.807, 2.05) is 17.0 Å². The topological polar surface area (TPSA) is 138 Å². The van der Waals surface area contributed by atoms with Crippen molar-refractivity contribution in [1.82, 2.24) is 25.5 Å². The molecule has 0 bridgehead atoms. The second kappa shape index (κ2) is 13.9. The van der Waals surface area contributed by atoms with Crippen LogP contribution in [0.25, 0.3) is 6.08 Å². The number of rotatable bonds is 9. The summed E-state index contributed by atoms with van der Waals surface area (Å²) < 4.78 is 6.24. The molecule has 11 nitrogen and oxygen atoms in total. The minimum Gasteiger partial charge on any atom is -0.489 e. The first-order chi connectivity index (χ1) is 20.4. The highest BCUT2D eigenvalue weighted by molar-refractivity contribution is 6.32. The van der Waals surface area contributed by atoms with E-state index in [1.54, 1.807) is 12.1 Å². The molecule has 1 aromatic heterocycles. The summed E-state index contributed by atoms with van der Waals surface area (Å²) in [4.78, 5) is 47.4. The van der Waals surface area contributed by atoms with Gasteiger partial charge in [0.1, 0.15) is 29.8 Å². The average Bonchev–Trinajstić information content (AvgIpc) is 3.43. The van der Waals surface area contributed by atoms with Crippen LogP contribution in [0.3, 0.4) is 0 Å². The highest BCUT2D eigenvalue weighted by atomic mass is 35.5. The maximum Gasteiger partial charge on any atom is 0.247 e. The first-order valence-electron chi connectivity index (χ1n) is 14.7. The van der Waals surface area contributed by atoms with Crippen LogP contribution in [-0.2, 0) is 14.4 Å². The summed E-state index contributed by atoms with van der Waals surface area (Å²) in [5, 5.41) is 12.5. The normalized spacial score (nSPS) is 17.4. The van der Waals surface area contributed by atoms with Crippen molar-refractivity contribution < 1.29 is 19.1 Å². The van der Waals surface area contributed by atoms with E-state index in [1.165, 1.54) is 13.3 Å². The minimum absolute atomic E-state index is 0.00518. The molecule has 2 aliphatic heterocycles. The van der Waals surface area contributed by atoms with Gasteiger partial charge in [-0.25, -0.2) is 9.97 Å². The molecule has 0 radical (unpaired) electrons. The first-order valence-corrected chi connectivity index (χ1v) is 15.1. The van der Waals surface area contributed by atoms with E-state index in [4.69, 9.17) is 16.3 Å². The van der Waals surface area contributed by atoms with Crippen LogP contribution in [0.4, 0.5) is 17.3 Å². The largest absolute Gasteiger partial charge is 0.489 e. The van der Waals surface area contributed by atoms with Crippen molar-refractivity contribution in [1.29, 1.82) is 0 Å². The molecule has 3 heterocycles. The van der Waals surface area contributed by atoms with Crippen LogP contribution in [0.1, 0.15) is 57.4 Å². The monoisotopic (exact) mass is 595 g/mol. The molecule has 1 aromatic carbocycles. The Bertz CT molecular complexity index is 1340. The van der Waals surface area contributed by atoms with Crippen molar-refractivity contribution in [2.45, 2.75) is 58.0 Å². The molecule has 0 unspecified atom stereocenters. The van der Waals surface area contributed by atoms with E-state index in [0.717, 1.165) is 38.5 Å². The molecule has 4 N–H and O–H groups in total. The van der Waals surface area contributed by atoms with Gasteiger partial charge in [-0.3, -0.25) is 14.4 Å². The standard InChI is InChI=1S/C30H38ClN7O4/c1-19(39)32-12-13-34-29(40)21-8-11-33-27-24(16-21)28(36-18-35-27)37-22-6-7-26(25(31)17-22)42-23-9-14-38(15-10-23)30(41)20-4-2-3-5-20/h6-7,16-18,20,23H,2-5,8-15H2,1H3,(H,32,39)(H,34,40)(H2,33,35,36,37). The summed E-state index contributed by atoms with van der Waals surface area (Å²) in [6, 6.07) is 5.49. The lowest BCUT2D eigenvalue weighted by Crippen LogP contribution is -2.44. The van der Waals surface area contributed by atoms with Gasteiger partial charge in [0.2, 0.25) is 17.7 Å². The van der Waals surface area contributed by atoms with Gasteiger partial charge < -0.3 is 30.9 Å². The van der Waals surface area contributed by atoms with E-state index in [0.29, 0.717) is 84.3 Å². The fraction of sp³-hybridized carbons (Fsp3) is 0.500. The first kappa shape index (κ1) is 29.6. The molecular formula is C30H38ClN7O4. The number of benzene rings is 1. The smallest absolute Gasteiger partial charge is 0.247 e. The number of anilines is 3. The zero-order valence-corrected chi connectivity index (χ0v) is 24.6. The van der Waals surface area contributed by atoms with E-state index in [9.17, 15) is 14.4 Å². The van der Waals surface area contributed by atoms with Gasteiger partial charge in [0, 0.05) is 69.7 Å². The van der Waals surface area contributed by atoms with Crippen molar-refractivity contribution in [2.75, 3.05) is 43.4 Å². The molecule has 5 rings (SSSR count). The molecule has 12 heteroatoms. The summed E-state index contributed by atoms with van der Waals surface area (Å²) >= 11 is 6.63. The summed E-state index contributed by atoms with van der Waals surface area (Å²) in [6.07, 6.45) is 9.69. The van der Waals surface area contributed by atoms with E-state index in [2.05, 4.69) is 31.2 Å². The van der Waals surface area contributed by atoms with Gasteiger partial charge in [-0.05, 0) is 43.5 Å². The molecule has 1 saturated carbocycles. The predicted molar refractivity (Wildman–Crippen MR) is 162 cm³/mol. The van der Waals surface area contributed by atoms with E-state index < -0.39 is 0 Å². The van der Waals surface area contributed by atoms with E-state index in [-0.39, 0.29) is 23.8 Å². The SMILES string of the molecule is CC(=O)NCCNC(=O)C1=Cc2c(ncnc2Nc2ccc(OC3CCN(C(=O)C4CCCC4)CC3)c(Cl)c2)NCC1. The Labute approximate surface area is 250 Å². The number of piperidine rings is 1. The fourth-order valence-corrected chi connectivity index (χ4v) is 5.88. The Morgan fingerprint density at radius 1 is 1.07 bits per heavy atom. The van der Waals surface area contributed by atoms with Crippen molar-refractivity contribution in [2.24, 2.45) is 5.92 Å². The van der Waals surface area contributed by atoms with Crippen LogP contribution in [0.15, 0.2) is 30.1 Å².